The van der Waals surface area contributed by atoms with Gasteiger partial charge >= 0.3 is 0 Å². The van der Waals surface area contributed by atoms with Crippen LogP contribution in [0.2, 0.25) is 0 Å². The molecule has 18 aromatic rings. The fraction of sp³-hybridized carbons (Fsp3) is 0. The minimum atomic E-state index is -0.527. The first-order valence-corrected chi connectivity index (χ1v) is 30.4. The van der Waals surface area contributed by atoms with Gasteiger partial charge in [-0.1, -0.05) is 291 Å². The van der Waals surface area contributed by atoms with Gasteiger partial charge in [-0.2, -0.15) is 0 Å². The molecule has 0 unspecified atom stereocenters. The monoisotopic (exact) mass is 1260 g/mol. The Kier molecular flexibility index (Phi) is 9.81. The highest BCUT2D eigenvalue weighted by Gasteiger charge is 2.16. The Bertz CT molecular complexity index is 7450. The van der Waals surface area contributed by atoms with Crippen LogP contribution in [-0.4, -0.2) is 0 Å². The Morgan fingerprint density at radius 1 is 0.229 bits per heavy atom. The summed E-state index contributed by atoms with van der Waals surface area (Å²) < 4.78 is 240. The first kappa shape index (κ1) is 36.0. The molecule has 0 aromatic heterocycles. The number of rotatable bonds is 11. The first-order valence-electron chi connectivity index (χ1n) is 43.9. The van der Waals surface area contributed by atoms with Crippen molar-refractivity contribution >= 4 is 110 Å². The zero-order chi connectivity index (χ0) is 87.6. The zero-order valence-electron chi connectivity index (χ0n) is 77.5. The van der Waals surface area contributed by atoms with Crippen molar-refractivity contribution in [3.8, 4) is 55.6 Å². The second-order valence-corrected chi connectivity index (χ2v) is 22.3. The average Bonchev–Trinajstić information content (AvgIpc) is 0.756. The van der Waals surface area contributed by atoms with Crippen LogP contribution in [0.5, 0.6) is 0 Å². The fourth-order valence-corrected chi connectivity index (χ4v) is 11.7. The van der Waals surface area contributed by atoms with Crippen LogP contribution in [0.4, 0.5) is 38.5 Å². The molecular weight excluding hydrogens is 1170 g/mol. The minimum Gasteiger partial charge on any atom is -0.356 e. The molecule has 18 rings (SSSR count). The fourth-order valence-electron chi connectivity index (χ4n) is 11.7. The standard InChI is InChI=1S/C32H20FN.C32H23N.C28H21N/c33-29-19-30(28-17-13-23-7-3-6-22-12-16-27(29)32(28)31(22)23)34-26-14-10-21(11-15-26)25-9-8-20-4-1-2-5-24(20)18-25;1-3-17-29-23(9-1)11-7-19-31(29)25-13-5-15-27(21-25)33-28-16-6-14-26(22-28)32-20-8-12-24-10-2-4-18-30(24)32;1-2-6-21(7-3-1)23-12-16-27(17-13-23)29-28-18-14-24(15-19-28)26-11-10-22-8-4-5-9-25(22)20-26/h1-19,34H;1-22,33H;1-20,29H/i1D,2D,4D,5D,8D,9D,18D;1D,2D,3D,4D,7D,8D,9D,10D,11D,12D,17D,19D,20D;4D,5D,8D,9D,10D,11D,20D. The third-order valence-electron chi connectivity index (χ3n) is 16.3. The van der Waals surface area contributed by atoms with Crippen molar-refractivity contribution in [2.75, 3.05) is 16.0 Å². The van der Waals surface area contributed by atoms with Crippen LogP contribution in [0.3, 0.4) is 0 Å². The van der Waals surface area contributed by atoms with Crippen molar-refractivity contribution < 1.29 is 41.4 Å². The first-order chi connectivity index (χ1) is 58.7. The van der Waals surface area contributed by atoms with Crippen LogP contribution in [0.25, 0.3) is 131 Å². The Morgan fingerprint density at radius 2 is 0.667 bits per heavy atom. The summed E-state index contributed by atoms with van der Waals surface area (Å²) >= 11 is 0. The molecule has 0 heterocycles. The van der Waals surface area contributed by atoms with E-state index in [0.29, 0.717) is 50.4 Å². The molecule has 0 fully saturated rings. The molecule has 0 saturated carbocycles. The van der Waals surface area contributed by atoms with Gasteiger partial charge in [-0.25, -0.2) is 4.39 Å². The third kappa shape index (κ3) is 12.2. The molecule has 96 heavy (non-hydrogen) atoms. The van der Waals surface area contributed by atoms with Crippen LogP contribution >= 0.6 is 0 Å². The topological polar surface area (TPSA) is 36.1 Å². The van der Waals surface area contributed by atoms with E-state index in [1.54, 1.807) is 91.0 Å². The maximum absolute atomic E-state index is 15.3. The number of benzene rings is 18. The molecule has 0 aliphatic carbocycles. The van der Waals surface area contributed by atoms with Crippen molar-refractivity contribution in [3.05, 3.63) is 375 Å². The highest BCUT2D eigenvalue weighted by molar-refractivity contribution is 6.25. The van der Waals surface area contributed by atoms with E-state index in [9.17, 15) is 0 Å². The highest BCUT2D eigenvalue weighted by Crippen LogP contribution is 2.41. The lowest BCUT2D eigenvalue weighted by Gasteiger charge is -2.16. The number of anilines is 6. The summed E-state index contributed by atoms with van der Waals surface area (Å²) in [5.41, 5.74) is 8.70. The summed E-state index contributed by atoms with van der Waals surface area (Å²) in [6.07, 6.45) is 0. The van der Waals surface area contributed by atoms with E-state index in [-0.39, 0.29) is 150 Å². The van der Waals surface area contributed by atoms with Crippen molar-refractivity contribution in [2.45, 2.75) is 0 Å². The van der Waals surface area contributed by atoms with E-state index >= 15 is 4.39 Å². The van der Waals surface area contributed by atoms with E-state index in [1.165, 1.54) is 12.1 Å². The van der Waals surface area contributed by atoms with E-state index < -0.39 is 84.6 Å². The van der Waals surface area contributed by atoms with Gasteiger partial charge in [-0.3, -0.25) is 0 Å². The molecule has 0 saturated heterocycles. The normalized spacial score (nSPS) is 15.1. The van der Waals surface area contributed by atoms with Gasteiger partial charge in [-0.15, -0.1) is 0 Å². The van der Waals surface area contributed by atoms with Crippen molar-refractivity contribution in [2.24, 2.45) is 0 Å². The molecule has 0 aliphatic rings. The molecule has 4 heteroatoms. The molecule has 0 bridgehead atoms. The van der Waals surface area contributed by atoms with Gasteiger partial charge in [0.25, 0.3) is 0 Å². The van der Waals surface area contributed by atoms with E-state index in [0.717, 1.165) is 49.4 Å². The van der Waals surface area contributed by atoms with Crippen LogP contribution in [0, 0.1) is 5.82 Å². The van der Waals surface area contributed by atoms with E-state index in [2.05, 4.69) is 28.1 Å². The lowest BCUT2D eigenvalue weighted by atomic mass is 9.93. The molecule has 3 nitrogen and oxygen atoms in total. The van der Waals surface area contributed by atoms with E-state index in [1.807, 2.05) is 91.0 Å². The van der Waals surface area contributed by atoms with Crippen LogP contribution in [0.1, 0.15) is 37.0 Å². The summed E-state index contributed by atoms with van der Waals surface area (Å²) in [4.78, 5) is 0. The Morgan fingerprint density at radius 3 is 1.25 bits per heavy atom. The number of halogens is 1. The second kappa shape index (κ2) is 26.2. The van der Waals surface area contributed by atoms with Crippen molar-refractivity contribution in [1.29, 1.82) is 0 Å². The molecule has 0 radical (unpaired) electrons. The van der Waals surface area contributed by atoms with Crippen LogP contribution in [0.15, 0.2) is 369 Å². The quantitative estimate of drug-likeness (QED) is 0.113. The van der Waals surface area contributed by atoms with Gasteiger partial charge in [0.05, 0.1) is 37.0 Å². The highest BCUT2D eigenvalue weighted by atomic mass is 19.1. The smallest absolute Gasteiger partial charge is 0.133 e. The minimum absolute atomic E-state index is 0.0200. The predicted molar refractivity (Wildman–Crippen MR) is 409 cm³/mol. The molecular formula is C92H64FN3. The van der Waals surface area contributed by atoms with Crippen molar-refractivity contribution in [1.82, 2.24) is 0 Å². The lowest BCUT2D eigenvalue weighted by molar-refractivity contribution is 0.641. The number of hydrogen-bond donors (Lipinski definition) is 3. The van der Waals surface area contributed by atoms with Gasteiger partial charge in [-0.05, 0) is 194 Å². The largest absolute Gasteiger partial charge is 0.356 e. The second-order valence-electron chi connectivity index (χ2n) is 22.3. The zero-order valence-corrected chi connectivity index (χ0v) is 50.5. The number of nitrogens with one attached hydrogen (secondary N) is 3. The predicted octanol–water partition coefficient (Wildman–Crippen LogP) is 26.3. The third-order valence-corrected chi connectivity index (χ3v) is 16.3. The maximum Gasteiger partial charge on any atom is 0.133 e. The summed E-state index contributed by atoms with van der Waals surface area (Å²) in [7, 11) is 0. The molecule has 18 aromatic carbocycles. The van der Waals surface area contributed by atoms with Gasteiger partial charge in [0, 0.05) is 50.3 Å². The maximum atomic E-state index is 15.3. The van der Waals surface area contributed by atoms with Crippen LogP contribution in [-0.2, 0) is 0 Å². The Balaban J connectivity index is 0.000000138. The van der Waals surface area contributed by atoms with Gasteiger partial charge in [0.15, 0.2) is 0 Å². The molecule has 454 valence electrons. The number of hydrogen-bond acceptors (Lipinski definition) is 3. The molecule has 0 amide bonds. The molecule has 3 N–H and O–H groups in total. The van der Waals surface area contributed by atoms with Gasteiger partial charge < -0.3 is 16.0 Å². The summed E-state index contributed by atoms with van der Waals surface area (Å²) in [6.45, 7) is 0. The summed E-state index contributed by atoms with van der Waals surface area (Å²) in [5, 5.41) is 15.0. The molecule has 0 atom stereocenters. The average molecular weight is 1260 g/mol. The molecule has 0 spiro atoms. The lowest BCUT2D eigenvalue weighted by Crippen LogP contribution is -1.95. The Hall–Kier alpha value is -12.6. The van der Waals surface area contributed by atoms with E-state index in [4.69, 9.17) is 37.0 Å². The summed E-state index contributed by atoms with van der Waals surface area (Å²) in [6, 6.07) is 51.9. The molecule has 0 aliphatic heterocycles. The van der Waals surface area contributed by atoms with Gasteiger partial charge in [0.1, 0.15) is 5.82 Å². The Labute approximate surface area is 596 Å². The SMILES string of the molecule is [2H]c1c([2H])c([2H])c2c([2H])c(-c3ccc(Nc4cc(F)c5ccc6cccc7ccc4c5c67)cc3)c([2H])c([2H])c2c1[2H].[2H]c1c([2H])c([2H])c2c([2H])c(-c3ccc(Nc4ccc(-c5ccccc5)cc4)cc3)c([2H])c([2H])c2c1[2H].[2H]c1cc2c(-c3cccc(Nc4cccc(-c5c([2H])c([2H])c([2H])c6c([2H])c([2H])c([2H])c([2H])c56)c4)c3)c([2H])c([2H])c([2H])c2c([2H])c1[2H]. The van der Waals surface area contributed by atoms with Crippen LogP contribution < -0.4 is 16.0 Å². The van der Waals surface area contributed by atoms with Crippen molar-refractivity contribution in [3.63, 3.8) is 0 Å². The van der Waals surface area contributed by atoms with Gasteiger partial charge in [0.2, 0.25) is 0 Å². The number of fused-ring (bicyclic) bond motifs is 4. The summed E-state index contributed by atoms with van der Waals surface area (Å²) in [5.74, 6) is -0.337.